The van der Waals surface area contributed by atoms with Gasteiger partial charge in [0, 0.05) is 5.41 Å². The van der Waals surface area contributed by atoms with Gasteiger partial charge in [-0.3, -0.25) is 9.69 Å². The second kappa shape index (κ2) is 4.85. The smallest absolute Gasteiger partial charge is 0.543 e. The number of aliphatic hydroxyl groups is 1. The maximum Gasteiger partial charge on any atom is 1.00 e. The Hall–Kier alpha value is -0.560. The van der Waals surface area contributed by atoms with Gasteiger partial charge in [-0.25, -0.2) is 0 Å². The summed E-state index contributed by atoms with van der Waals surface area (Å²) in [4.78, 5) is 23.8. The molecule has 0 aromatic heterocycles. The summed E-state index contributed by atoms with van der Waals surface area (Å²) in [6, 6.07) is 0. The number of nitrogens with zero attached hydrogens (tertiary/aromatic N) is 1. The molecule has 0 aromatic carbocycles. The number of ether oxygens (including phenoxy) is 1. The maximum atomic E-state index is 11.6. The van der Waals surface area contributed by atoms with Crippen molar-refractivity contribution in [2.24, 2.45) is 11.3 Å². The first-order valence-corrected chi connectivity index (χ1v) is 5.35. The number of rotatable bonds is 2. The molecule has 1 fully saturated rings. The number of β-lactam (4-membered cyclic amide) rings is 1. The number of carbonyl (C=O) groups excluding carboxylic acids is 2. The first-order chi connectivity index (χ1) is 7.79. The molecule has 18 heavy (non-hydrogen) atoms. The van der Waals surface area contributed by atoms with Gasteiger partial charge in [-0.2, -0.15) is 0 Å². The number of aliphatic carboxylic acids is 1. The van der Waals surface area contributed by atoms with E-state index < -0.39 is 29.4 Å². The third-order valence-corrected chi connectivity index (χ3v) is 2.92. The van der Waals surface area contributed by atoms with E-state index in [4.69, 9.17) is 9.84 Å². The van der Waals surface area contributed by atoms with E-state index in [9.17, 15) is 14.7 Å². The Kier molecular flexibility index (Phi) is 4.17. The molecule has 0 aromatic rings. The molecule has 2 rings (SSSR count). The van der Waals surface area contributed by atoms with Crippen LogP contribution in [0.2, 0.25) is 0 Å². The van der Waals surface area contributed by atoms with Crippen molar-refractivity contribution in [1.82, 2.24) is 4.90 Å². The Morgan fingerprint density at radius 1 is 1.50 bits per heavy atom. The molecule has 2 aliphatic rings. The van der Waals surface area contributed by atoms with Gasteiger partial charge in [-0.05, 0) is 0 Å². The SMILES string of the molecule is CC(C)(C)C1=C(C(=O)[O-])N2C(=O)[C@H](CO)[C@@H]2O1.[Na+]. The average molecular weight is 263 g/mol. The number of aliphatic hydroxyl groups excluding tert-OH is 1. The molecule has 0 bridgehead atoms. The van der Waals surface area contributed by atoms with Crippen LogP contribution < -0.4 is 34.7 Å². The second-order valence-corrected chi connectivity index (χ2v) is 5.22. The van der Waals surface area contributed by atoms with Crippen molar-refractivity contribution in [2.75, 3.05) is 6.61 Å². The number of hydrogen-bond acceptors (Lipinski definition) is 5. The summed E-state index contributed by atoms with van der Waals surface area (Å²) in [7, 11) is 0. The van der Waals surface area contributed by atoms with Gasteiger partial charge in [0.05, 0.1) is 12.6 Å². The van der Waals surface area contributed by atoms with E-state index in [1.165, 1.54) is 0 Å². The summed E-state index contributed by atoms with van der Waals surface area (Å²) < 4.78 is 5.48. The first-order valence-electron chi connectivity index (χ1n) is 5.35. The van der Waals surface area contributed by atoms with Crippen LogP contribution in [0.3, 0.4) is 0 Å². The molecule has 2 atom stereocenters. The van der Waals surface area contributed by atoms with Crippen LogP contribution in [-0.2, 0) is 14.3 Å². The molecule has 1 amide bonds. The minimum Gasteiger partial charge on any atom is -0.543 e. The zero-order valence-electron chi connectivity index (χ0n) is 10.9. The van der Waals surface area contributed by atoms with E-state index >= 15 is 0 Å². The van der Waals surface area contributed by atoms with Crippen molar-refractivity contribution in [3.8, 4) is 0 Å². The van der Waals surface area contributed by atoms with Crippen molar-refractivity contribution in [3.05, 3.63) is 11.5 Å². The summed E-state index contributed by atoms with van der Waals surface area (Å²) in [6.07, 6.45) is -0.699. The van der Waals surface area contributed by atoms with Crippen LogP contribution in [0.25, 0.3) is 0 Å². The zero-order valence-corrected chi connectivity index (χ0v) is 12.9. The van der Waals surface area contributed by atoms with Crippen molar-refractivity contribution < 1.29 is 54.1 Å². The number of carboxylic acid groups (broad SMARTS) is 1. The number of carbonyl (C=O) groups is 2. The minimum atomic E-state index is -1.43. The fourth-order valence-electron chi connectivity index (χ4n) is 2.07. The van der Waals surface area contributed by atoms with Gasteiger partial charge in [0.25, 0.3) is 0 Å². The average Bonchev–Trinajstić information content (AvgIpc) is 2.53. The van der Waals surface area contributed by atoms with Crippen molar-refractivity contribution in [2.45, 2.75) is 27.0 Å². The Labute approximate surface area is 127 Å². The summed E-state index contributed by atoms with van der Waals surface area (Å²) in [5.41, 5.74) is -0.746. The molecule has 2 aliphatic heterocycles. The number of fused-ring (bicyclic) bond motifs is 1. The second-order valence-electron chi connectivity index (χ2n) is 5.22. The minimum absolute atomic E-state index is 0. The third kappa shape index (κ3) is 2.07. The van der Waals surface area contributed by atoms with E-state index in [2.05, 4.69) is 0 Å². The summed E-state index contributed by atoms with van der Waals surface area (Å²) >= 11 is 0. The zero-order chi connectivity index (χ0) is 13.0. The maximum absolute atomic E-state index is 11.6. The van der Waals surface area contributed by atoms with E-state index in [1.807, 2.05) is 0 Å². The normalized spacial score (nSPS) is 26.2. The van der Waals surface area contributed by atoms with Crippen LogP contribution in [0.1, 0.15) is 20.8 Å². The molecule has 0 saturated carbocycles. The predicted molar refractivity (Wildman–Crippen MR) is 53.8 cm³/mol. The van der Waals surface area contributed by atoms with E-state index in [1.54, 1.807) is 20.8 Å². The van der Waals surface area contributed by atoms with Gasteiger partial charge in [0.1, 0.15) is 17.4 Å². The van der Waals surface area contributed by atoms with Gasteiger partial charge in [0.15, 0.2) is 6.23 Å². The Morgan fingerprint density at radius 3 is 2.44 bits per heavy atom. The van der Waals surface area contributed by atoms with Gasteiger partial charge >= 0.3 is 29.6 Å². The summed E-state index contributed by atoms with van der Waals surface area (Å²) in [6.45, 7) is 5.01. The van der Waals surface area contributed by atoms with Crippen LogP contribution in [0.15, 0.2) is 11.5 Å². The molecule has 0 unspecified atom stereocenters. The van der Waals surface area contributed by atoms with Crippen LogP contribution in [0, 0.1) is 11.3 Å². The van der Waals surface area contributed by atoms with Gasteiger partial charge in [-0.15, -0.1) is 0 Å². The Bertz CT molecular complexity index is 426. The van der Waals surface area contributed by atoms with Crippen molar-refractivity contribution in [3.63, 3.8) is 0 Å². The fraction of sp³-hybridized carbons (Fsp3) is 0.636. The van der Waals surface area contributed by atoms with Crippen molar-refractivity contribution in [1.29, 1.82) is 0 Å². The summed E-state index contributed by atoms with van der Waals surface area (Å²) in [5.74, 6) is -2.31. The predicted octanol–water partition coefficient (Wildman–Crippen LogP) is -4.19. The Morgan fingerprint density at radius 2 is 2.06 bits per heavy atom. The third-order valence-electron chi connectivity index (χ3n) is 2.92. The molecule has 2 heterocycles. The molecule has 7 heteroatoms. The molecule has 0 spiro atoms. The molecule has 0 radical (unpaired) electrons. The van der Waals surface area contributed by atoms with E-state index in [-0.39, 0.29) is 47.6 Å². The number of allylic oxidation sites excluding steroid dienone is 1. The molecular weight excluding hydrogens is 249 g/mol. The van der Waals surface area contributed by atoms with Crippen LogP contribution >= 0.6 is 0 Å². The Balaban J connectivity index is 0.00000162. The topological polar surface area (TPSA) is 89.9 Å². The largest absolute Gasteiger partial charge is 1.00 e. The number of hydrogen-bond donors (Lipinski definition) is 1. The van der Waals surface area contributed by atoms with Crippen LogP contribution in [-0.4, -0.2) is 34.7 Å². The number of amides is 1. The van der Waals surface area contributed by atoms with Gasteiger partial charge in [0.2, 0.25) is 5.91 Å². The standard InChI is InChI=1S/C11H15NO5.Na/c1-11(2,3)7-6(10(15)16)12-8(14)5(4-13)9(12)17-7;/h5,9,13H,4H2,1-3H3,(H,15,16);/q;+1/p-1/t5-,9-;/m0./s1. The fourth-order valence-corrected chi connectivity index (χ4v) is 2.07. The van der Waals surface area contributed by atoms with Crippen LogP contribution in [0.5, 0.6) is 0 Å². The van der Waals surface area contributed by atoms with E-state index in [0.29, 0.717) is 0 Å². The monoisotopic (exact) mass is 263 g/mol. The quantitative estimate of drug-likeness (QED) is 0.403. The molecule has 94 valence electrons. The molecule has 6 nitrogen and oxygen atoms in total. The molecule has 0 aliphatic carbocycles. The first kappa shape index (κ1) is 15.5. The van der Waals surface area contributed by atoms with Gasteiger partial charge < -0.3 is 19.7 Å². The molecule has 1 saturated heterocycles. The molecule has 1 N–H and O–H groups in total. The van der Waals surface area contributed by atoms with Gasteiger partial charge in [-0.1, -0.05) is 20.8 Å². The number of carboxylic acids is 1. The summed E-state index contributed by atoms with van der Waals surface area (Å²) in [5, 5.41) is 20.1. The van der Waals surface area contributed by atoms with Crippen molar-refractivity contribution >= 4 is 11.9 Å². The van der Waals surface area contributed by atoms with Crippen LogP contribution in [0.4, 0.5) is 0 Å². The molecular formula is C11H14NNaO5. The van der Waals surface area contributed by atoms with E-state index in [0.717, 1.165) is 4.90 Å².